The van der Waals surface area contributed by atoms with Crippen molar-refractivity contribution < 1.29 is 4.79 Å². The molecule has 0 aliphatic heterocycles. The van der Waals surface area contributed by atoms with Gasteiger partial charge in [0.05, 0.1) is 0 Å². The van der Waals surface area contributed by atoms with Gasteiger partial charge in [0.2, 0.25) is 5.95 Å². The Labute approximate surface area is 128 Å². The van der Waals surface area contributed by atoms with Crippen LogP contribution in [0.15, 0.2) is 30.6 Å². The topological polar surface area (TPSA) is 75.6 Å². The Balaban J connectivity index is 2.06. The zero-order chi connectivity index (χ0) is 15.5. The first-order valence-electron chi connectivity index (χ1n) is 7.47. The van der Waals surface area contributed by atoms with E-state index in [1.54, 1.807) is 0 Å². The molecule has 0 aliphatic rings. The maximum Gasteiger partial charge on any atom is 0.274 e. The molecular weight excluding hydrogens is 278 g/mol. The van der Waals surface area contributed by atoms with Crippen LogP contribution in [0.25, 0.3) is 10.9 Å². The van der Waals surface area contributed by atoms with E-state index < -0.39 is 0 Å². The Hall–Kier alpha value is -2.63. The lowest BCUT2D eigenvalue weighted by atomic mass is 10.1. The highest BCUT2D eigenvalue weighted by Crippen LogP contribution is 2.26. The molecule has 0 radical (unpaired) electrons. The van der Waals surface area contributed by atoms with Crippen LogP contribution in [0.4, 0.5) is 5.95 Å². The number of nitrogens with one attached hydrogen (secondary N) is 2. The van der Waals surface area contributed by atoms with E-state index in [1.165, 1.54) is 6.33 Å². The number of carbonyl (C=O) groups is 1. The van der Waals surface area contributed by atoms with Gasteiger partial charge in [-0.25, -0.2) is 5.10 Å². The summed E-state index contributed by atoms with van der Waals surface area (Å²) in [6, 6.07) is 8.11. The zero-order valence-corrected chi connectivity index (χ0v) is 12.8. The summed E-state index contributed by atoms with van der Waals surface area (Å²) < 4.78 is 2.10. The quantitative estimate of drug-likeness (QED) is 0.759. The van der Waals surface area contributed by atoms with Crippen LogP contribution in [0.2, 0.25) is 0 Å². The van der Waals surface area contributed by atoms with E-state index in [0.29, 0.717) is 11.6 Å². The summed E-state index contributed by atoms with van der Waals surface area (Å²) in [6.45, 7) is 4.96. The van der Waals surface area contributed by atoms with Crippen molar-refractivity contribution in [3.8, 4) is 0 Å². The summed E-state index contributed by atoms with van der Waals surface area (Å²) in [6.07, 6.45) is 3.48. The van der Waals surface area contributed by atoms with Crippen molar-refractivity contribution in [1.29, 1.82) is 0 Å². The Morgan fingerprint density at radius 2 is 2.18 bits per heavy atom. The number of aryl methyl sites for hydroxylation is 2. The van der Waals surface area contributed by atoms with E-state index >= 15 is 0 Å². The maximum atomic E-state index is 12.7. The zero-order valence-electron chi connectivity index (χ0n) is 12.8. The molecule has 3 rings (SSSR count). The number of hydrogen-bond donors (Lipinski definition) is 2. The van der Waals surface area contributed by atoms with Crippen LogP contribution in [0.3, 0.4) is 0 Å². The highest BCUT2D eigenvalue weighted by Gasteiger charge is 2.20. The lowest BCUT2D eigenvalue weighted by molar-refractivity contribution is 0.101. The second kappa shape index (κ2) is 6.01. The number of aromatic nitrogens is 4. The molecule has 0 fully saturated rings. The second-order valence-corrected chi connectivity index (χ2v) is 5.28. The first-order chi connectivity index (χ1) is 10.7. The number of hydrogen-bond acceptors (Lipinski definition) is 3. The highest BCUT2D eigenvalue weighted by atomic mass is 16.2. The minimum absolute atomic E-state index is 0.165. The normalized spacial score (nSPS) is 11.0. The fourth-order valence-corrected chi connectivity index (χ4v) is 2.75. The van der Waals surface area contributed by atoms with E-state index in [0.717, 1.165) is 35.9 Å². The second-order valence-electron chi connectivity index (χ2n) is 5.28. The number of aromatic amines is 1. The van der Waals surface area contributed by atoms with Gasteiger partial charge >= 0.3 is 0 Å². The van der Waals surface area contributed by atoms with Crippen LogP contribution in [-0.2, 0) is 6.54 Å². The Kier molecular flexibility index (Phi) is 3.91. The summed E-state index contributed by atoms with van der Waals surface area (Å²) in [5, 5.41) is 10.3. The standard InChI is InChI=1S/C16H19N5O/c1-3-4-9-21-13-8-6-5-7-12(13)11(2)14(21)15(22)19-16-17-10-18-20-16/h5-8,10H,3-4,9H2,1-2H3,(H2,17,18,19,20,22). The van der Waals surface area contributed by atoms with E-state index in [2.05, 4.69) is 44.1 Å². The molecule has 3 aromatic rings. The summed E-state index contributed by atoms with van der Waals surface area (Å²) in [4.78, 5) is 16.6. The van der Waals surface area contributed by atoms with Crippen LogP contribution in [-0.4, -0.2) is 25.7 Å². The average Bonchev–Trinajstić information content (AvgIpc) is 3.12. The number of rotatable bonds is 5. The predicted octanol–water partition coefficient (Wildman–Crippen LogP) is 3.12. The van der Waals surface area contributed by atoms with Crippen LogP contribution >= 0.6 is 0 Å². The number of fused-ring (bicyclic) bond motifs is 1. The van der Waals surface area contributed by atoms with Crippen LogP contribution in [0.5, 0.6) is 0 Å². The molecule has 0 atom stereocenters. The Morgan fingerprint density at radius 3 is 2.91 bits per heavy atom. The van der Waals surface area contributed by atoms with Crippen molar-refractivity contribution >= 4 is 22.8 Å². The van der Waals surface area contributed by atoms with E-state index in [1.807, 2.05) is 19.1 Å². The molecule has 6 nitrogen and oxygen atoms in total. The number of H-pyrrole nitrogens is 1. The number of nitrogens with zero attached hydrogens (tertiary/aromatic N) is 3. The van der Waals surface area contributed by atoms with Gasteiger partial charge in [-0.1, -0.05) is 31.5 Å². The van der Waals surface area contributed by atoms with Crippen molar-refractivity contribution in [2.45, 2.75) is 33.2 Å². The molecule has 0 saturated carbocycles. The molecule has 0 aliphatic carbocycles. The van der Waals surface area contributed by atoms with Crippen LogP contribution in [0.1, 0.15) is 35.8 Å². The molecule has 114 valence electrons. The summed E-state index contributed by atoms with van der Waals surface area (Å²) in [7, 11) is 0. The smallest absolute Gasteiger partial charge is 0.274 e. The van der Waals surface area contributed by atoms with Gasteiger partial charge in [-0.2, -0.15) is 10.1 Å². The number of benzene rings is 1. The lowest BCUT2D eigenvalue weighted by Gasteiger charge is -2.10. The molecule has 1 amide bonds. The van der Waals surface area contributed by atoms with Gasteiger partial charge in [0, 0.05) is 17.4 Å². The van der Waals surface area contributed by atoms with Crippen molar-refractivity contribution in [3.05, 3.63) is 41.9 Å². The van der Waals surface area contributed by atoms with Crippen LogP contribution in [0, 0.1) is 6.92 Å². The number of carbonyl (C=O) groups excluding carboxylic acids is 1. The largest absolute Gasteiger partial charge is 0.336 e. The van der Waals surface area contributed by atoms with Gasteiger partial charge < -0.3 is 4.57 Å². The number of para-hydroxylation sites is 1. The van der Waals surface area contributed by atoms with Gasteiger partial charge in [0.15, 0.2) is 0 Å². The highest BCUT2D eigenvalue weighted by molar-refractivity contribution is 6.07. The molecule has 2 N–H and O–H groups in total. The fraction of sp³-hybridized carbons (Fsp3) is 0.312. The number of amides is 1. The van der Waals surface area contributed by atoms with Crippen molar-refractivity contribution in [1.82, 2.24) is 19.7 Å². The molecule has 0 spiro atoms. The SMILES string of the molecule is CCCCn1c(C(=O)Nc2ncn[nH]2)c(C)c2ccccc21. The first-order valence-corrected chi connectivity index (χ1v) is 7.47. The third-order valence-electron chi connectivity index (χ3n) is 3.82. The predicted molar refractivity (Wildman–Crippen MR) is 85.9 cm³/mol. The maximum absolute atomic E-state index is 12.7. The van der Waals surface area contributed by atoms with Gasteiger partial charge in [0.25, 0.3) is 5.91 Å². The number of unbranched alkanes of at least 4 members (excludes halogenated alkanes) is 1. The monoisotopic (exact) mass is 297 g/mol. The van der Waals surface area contributed by atoms with Gasteiger partial charge in [0.1, 0.15) is 12.0 Å². The third kappa shape index (κ3) is 2.47. The molecule has 2 aromatic heterocycles. The van der Waals surface area contributed by atoms with E-state index in [4.69, 9.17) is 0 Å². The van der Waals surface area contributed by atoms with Crippen molar-refractivity contribution in [2.75, 3.05) is 5.32 Å². The average molecular weight is 297 g/mol. The minimum Gasteiger partial charge on any atom is -0.336 e. The fourth-order valence-electron chi connectivity index (χ4n) is 2.75. The third-order valence-corrected chi connectivity index (χ3v) is 3.82. The van der Waals surface area contributed by atoms with Gasteiger partial charge in [-0.05, 0) is 25.0 Å². The Bertz CT molecular complexity index is 788. The summed E-state index contributed by atoms with van der Waals surface area (Å²) in [5.74, 6) is 0.193. The summed E-state index contributed by atoms with van der Waals surface area (Å²) >= 11 is 0. The van der Waals surface area contributed by atoms with E-state index in [-0.39, 0.29) is 5.91 Å². The van der Waals surface area contributed by atoms with Gasteiger partial charge in [-0.15, -0.1) is 0 Å². The molecule has 1 aromatic carbocycles. The molecule has 0 saturated heterocycles. The lowest BCUT2D eigenvalue weighted by Crippen LogP contribution is -2.19. The molecule has 2 heterocycles. The van der Waals surface area contributed by atoms with E-state index in [9.17, 15) is 4.79 Å². The molecule has 6 heteroatoms. The molecule has 0 bridgehead atoms. The Morgan fingerprint density at radius 1 is 1.36 bits per heavy atom. The van der Waals surface area contributed by atoms with Crippen molar-refractivity contribution in [2.24, 2.45) is 0 Å². The number of anilines is 1. The minimum atomic E-state index is -0.165. The van der Waals surface area contributed by atoms with Crippen LogP contribution < -0.4 is 5.32 Å². The molecular formula is C16H19N5O. The van der Waals surface area contributed by atoms with Crippen molar-refractivity contribution in [3.63, 3.8) is 0 Å². The summed E-state index contributed by atoms with van der Waals surface area (Å²) in [5.41, 5.74) is 2.77. The van der Waals surface area contributed by atoms with Gasteiger partial charge in [-0.3, -0.25) is 10.1 Å². The molecule has 0 unspecified atom stereocenters. The molecule has 22 heavy (non-hydrogen) atoms. The first kappa shape index (κ1) is 14.3.